The largest absolute Gasteiger partial charge is 0.336 e. The Balaban J connectivity index is 1.81. The van der Waals surface area contributed by atoms with Crippen LogP contribution in [0.3, 0.4) is 0 Å². The highest BCUT2D eigenvalue weighted by atomic mass is 15.1. The molecule has 0 aromatic heterocycles. The van der Waals surface area contributed by atoms with E-state index in [1.807, 2.05) is 0 Å². The second kappa shape index (κ2) is 7.21. The summed E-state index contributed by atoms with van der Waals surface area (Å²) in [4.78, 5) is 2.44. The number of para-hydroxylation sites is 1. The van der Waals surface area contributed by atoms with E-state index in [1.165, 1.54) is 38.5 Å². The molecule has 0 heterocycles. The lowest BCUT2D eigenvalue weighted by atomic mass is 9.99. The first kappa shape index (κ1) is 16.6. The van der Waals surface area contributed by atoms with Crippen molar-refractivity contribution in [3.8, 4) is 0 Å². The fraction of sp³-hybridized carbons (Fsp3) is 0.0370. The number of hydrogen-bond acceptors (Lipinski definition) is 1. The molecule has 0 bridgehead atoms. The monoisotopic (exact) mass is 359 g/mol. The molecule has 0 atom stereocenters. The zero-order valence-corrected chi connectivity index (χ0v) is 15.6. The molecule has 0 radical (unpaired) electrons. The summed E-state index contributed by atoms with van der Waals surface area (Å²) in [5.41, 5.74) is 3.76. The van der Waals surface area contributed by atoms with E-state index in [1.54, 1.807) is 0 Å². The summed E-state index contributed by atoms with van der Waals surface area (Å²) in [5, 5.41) is 5.09. The third kappa shape index (κ3) is 3.01. The van der Waals surface area contributed by atoms with Gasteiger partial charge in [0.05, 0.1) is 5.69 Å². The van der Waals surface area contributed by atoms with Gasteiger partial charge in [0.1, 0.15) is 0 Å². The Bertz CT molecular complexity index is 1170. The summed E-state index contributed by atoms with van der Waals surface area (Å²) in [6.45, 7) is 0.822. The summed E-state index contributed by atoms with van der Waals surface area (Å²) in [6, 6.07) is 41.0. The van der Waals surface area contributed by atoms with Crippen molar-refractivity contribution in [1.29, 1.82) is 0 Å². The van der Waals surface area contributed by atoms with E-state index in [-0.39, 0.29) is 0 Å². The molecule has 5 aromatic carbocycles. The molecule has 0 amide bonds. The van der Waals surface area contributed by atoms with Crippen molar-refractivity contribution in [3.05, 3.63) is 121 Å². The molecule has 0 fully saturated rings. The second-order valence-electron chi connectivity index (χ2n) is 7.07. The van der Waals surface area contributed by atoms with Crippen molar-refractivity contribution in [3.63, 3.8) is 0 Å². The van der Waals surface area contributed by atoms with Gasteiger partial charge in [-0.25, -0.2) is 0 Å². The molecule has 0 aliphatic carbocycles. The van der Waals surface area contributed by atoms with Crippen molar-refractivity contribution in [2.75, 3.05) is 4.90 Å². The van der Waals surface area contributed by atoms with Crippen LogP contribution >= 0.6 is 0 Å². The topological polar surface area (TPSA) is 3.24 Å². The quantitative estimate of drug-likeness (QED) is 0.304. The lowest BCUT2D eigenvalue weighted by Gasteiger charge is -2.28. The lowest BCUT2D eigenvalue weighted by Crippen LogP contribution is -2.17. The Hall–Kier alpha value is -3.58. The highest BCUT2D eigenvalue weighted by Crippen LogP contribution is 2.39. The van der Waals surface area contributed by atoms with Crippen LogP contribution in [0.1, 0.15) is 5.56 Å². The van der Waals surface area contributed by atoms with Crippen LogP contribution in [-0.2, 0) is 6.54 Å². The fourth-order valence-electron chi connectivity index (χ4n) is 3.95. The minimum absolute atomic E-state index is 0.822. The molecule has 5 aromatic rings. The minimum Gasteiger partial charge on any atom is -0.336 e. The van der Waals surface area contributed by atoms with E-state index in [9.17, 15) is 0 Å². The van der Waals surface area contributed by atoms with E-state index < -0.39 is 0 Å². The first-order chi connectivity index (χ1) is 13.9. The van der Waals surface area contributed by atoms with Crippen molar-refractivity contribution in [2.45, 2.75) is 6.54 Å². The van der Waals surface area contributed by atoms with E-state index in [0.717, 1.165) is 6.54 Å². The maximum absolute atomic E-state index is 2.44. The highest BCUT2D eigenvalue weighted by Gasteiger charge is 2.16. The van der Waals surface area contributed by atoms with Gasteiger partial charge in [-0.2, -0.15) is 0 Å². The van der Waals surface area contributed by atoms with Gasteiger partial charge in [-0.3, -0.25) is 0 Å². The van der Waals surface area contributed by atoms with Crippen LogP contribution in [0.15, 0.2) is 115 Å². The lowest BCUT2D eigenvalue weighted by molar-refractivity contribution is 0.985. The van der Waals surface area contributed by atoms with Crippen molar-refractivity contribution in [2.24, 2.45) is 0 Å². The minimum atomic E-state index is 0.822. The first-order valence-corrected chi connectivity index (χ1v) is 9.67. The fourth-order valence-corrected chi connectivity index (χ4v) is 3.95. The number of rotatable bonds is 4. The van der Waals surface area contributed by atoms with E-state index in [0.29, 0.717) is 0 Å². The van der Waals surface area contributed by atoms with Crippen LogP contribution in [0.25, 0.3) is 21.5 Å². The Morgan fingerprint density at radius 1 is 0.500 bits per heavy atom. The normalized spacial score (nSPS) is 11.0. The van der Waals surface area contributed by atoms with Crippen LogP contribution in [-0.4, -0.2) is 0 Å². The number of benzene rings is 5. The van der Waals surface area contributed by atoms with Gasteiger partial charge in [-0.15, -0.1) is 0 Å². The summed E-state index contributed by atoms with van der Waals surface area (Å²) >= 11 is 0. The maximum atomic E-state index is 2.44. The molecule has 28 heavy (non-hydrogen) atoms. The van der Waals surface area contributed by atoms with Gasteiger partial charge in [-0.05, 0) is 34.5 Å². The maximum Gasteiger partial charge on any atom is 0.0573 e. The number of nitrogens with zero attached hydrogens (tertiary/aromatic N) is 1. The van der Waals surface area contributed by atoms with Crippen LogP contribution in [0.5, 0.6) is 0 Å². The number of hydrogen-bond donors (Lipinski definition) is 0. The summed E-state index contributed by atoms with van der Waals surface area (Å²) in [5.74, 6) is 0. The molecular weight excluding hydrogens is 338 g/mol. The number of anilines is 2. The van der Waals surface area contributed by atoms with Gasteiger partial charge >= 0.3 is 0 Å². The molecular formula is C27H21N. The summed E-state index contributed by atoms with van der Waals surface area (Å²) in [7, 11) is 0. The molecule has 0 aliphatic heterocycles. The number of fused-ring (bicyclic) bond motifs is 2. The zero-order chi connectivity index (χ0) is 18.8. The van der Waals surface area contributed by atoms with E-state index in [4.69, 9.17) is 0 Å². The van der Waals surface area contributed by atoms with Gasteiger partial charge in [-0.1, -0.05) is 97.1 Å². The predicted molar refractivity (Wildman–Crippen MR) is 120 cm³/mol. The molecule has 0 aliphatic rings. The van der Waals surface area contributed by atoms with Crippen molar-refractivity contribution >= 4 is 32.9 Å². The Morgan fingerprint density at radius 3 is 1.61 bits per heavy atom. The Morgan fingerprint density at radius 2 is 1.00 bits per heavy atom. The average molecular weight is 359 g/mol. The summed E-state index contributed by atoms with van der Waals surface area (Å²) < 4.78 is 0. The van der Waals surface area contributed by atoms with Crippen LogP contribution in [0, 0.1) is 0 Å². The molecule has 0 spiro atoms. The van der Waals surface area contributed by atoms with Gasteiger partial charge < -0.3 is 4.90 Å². The van der Waals surface area contributed by atoms with Crippen LogP contribution in [0.2, 0.25) is 0 Å². The molecule has 1 heteroatoms. The predicted octanol–water partition coefficient (Wildman–Crippen LogP) is 7.33. The average Bonchev–Trinajstić information content (AvgIpc) is 2.77. The van der Waals surface area contributed by atoms with Gasteiger partial charge in [0.15, 0.2) is 0 Å². The second-order valence-corrected chi connectivity index (χ2v) is 7.07. The van der Waals surface area contributed by atoms with Crippen LogP contribution in [0.4, 0.5) is 11.4 Å². The molecule has 0 saturated heterocycles. The smallest absolute Gasteiger partial charge is 0.0573 e. The molecule has 5 rings (SSSR count). The van der Waals surface area contributed by atoms with Crippen molar-refractivity contribution < 1.29 is 0 Å². The van der Waals surface area contributed by atoms with E-state index in [2.05, 4.69) is 120 Å². The van der Waals surface area contributed by atoms with E-state index >= 15 is 0 Å². The third-order valence-corrected chi connectivity index (χ3v) is 5.26. The highest BCUT2D eigenvalue weighted by molar-refractivity contribution is 6.12. The zero-order valence-electron chi connectivity index (χ0n) is 15.6. The molecule has 134 valence electrons. The molecule has 0 saturated carbocycles. The third-order valence-electron chi connectivity index (χ3n) is 5.26. The first-order valence-electron chi connectivity index (χ1n) is 9.67. The van der Waals surface area contributed by atoms with Gasteiger partial charge in [0.25, 0.3) is 0 Å². The van der Waals surface area contributed by atoms with Crippen LogP contribution < -0.4 is 4.90 Å². The van der Waals surface area contributed by atoms with Gasteiger partial charge in [0, 0.05) is 23.0 Å². The summed E-state index contributed by atoms with van der Waals surface area (Å²) in [6.07, 6.45) is 0. The molecule has 0 unspecified atom stereocenters. The SMILES string of the molecule is c1ccc(CN(c2ccccc2)c2c3ccccc3cc3ccccc23)cc1. The van der Waals surface area contributed by atoms with Gasteiger partial charge in [0.2, 0.25) is 0 Å². The standard InChI is InChI=1S/C27H21N/c1-3-11-21(12-4-1)20-28(24-15-5-2-6-16-24)27-25-17-9-7-13-22(25)19-23-14-8-10-18-26(23)27/h1-19H,20H2. The van der Waals surface area contributed by atoms with Crippen molar-refractivity contribution in [1.82, 2.24) is 0 Å². The molecule has 0 N–H and O–H groups in total. The molecule has 1 nitrogen and oxygen atoms in total. The Kier molecular flexibility index (Phi) is 4.27. The Labute approximate surface area is 165 Å².